The Labute approximate surface area is 201 Å². The van der Waals surface area contributed by atoms with Crippen molar-refractivity contribution in [1.82, 2.24) is 0 Å². The minimum absolute atomic E-state index is 0.0309. The molecule has 1 N–H and O–H groups in total. The van der Waals surface area contributed by atoms with Crippen LogP contribution in [-0.4, -0.2) is 42.2 Å². The highest BCUT2D eigenvalue weighted by Crippen LogP contribution is 2.33. The maximum absolute atomic E-state index is 13.6. The first-order chi connectivity index (χ1) is 15.8. The molecule has 174 valence electrons. The zero-order chi connectivity index (χ0) is 24.0. The van der Waals surface area contributed by atoms with Crippen LogP contribution in [-0.2, 0) is 14.8 Å². The van der Waals surface area contributed by atoms with Gasteiger partial charge in [-0.25, -0.2) is 8.42 Å². The summed E-state index contributed by atoms with van der Waals surface area (Å²) in [5.74, 6) is 0.650. The fraction of sp³-hybridized carbons (Fsp3) is 0.174. The number of carbonyl (C=O) groups excluding carboxylic acids is 1. The molecule has 0 fully saturated rings. The van der Waals surface area contributed by atoms with E-state index in [1.807, 2.05) is 0 Å². The van der Waals surface area contributed by atoms with E-state index in [1.165, 1.54) is 33.5 Å². The highest BCUT2D eigenvalue weighted by Gasteiger charge is 2.29. The number of nitrogens with one attached hydrogen (secondary N) is 1. The molecule has 0 saturated heterocycles. The number of rotatable bonds is 9. The van der Waals surface area contributed by atoms with Gasteiger partial charge in [0, 0.05) is 10.5 Å². The molecule has 0 spiro atoms. The first-order valence-electron chi connectivity index (χ1n) is 9.73. The van der Waals surface area contributed by atoms with E-state index in [2.05, 4.69) is 21.2 Å². The summed E-state index contributed by atoms with van der Waals surface area (Å²) in [6.07, 6.45) is 0. The normalized spacial score (nSPS) is 10.9. The molecule has 3 aromatic carbocycles. The largest absolute Gasteiger partial charge is 0.497 e. The number of para-hydroxylation sites is 2. The molecule has 33 heavy (non-hydrogen) atoms. The average Bonchev–Trinajstić information content (AvgIpc) is 2.82. The van der Waals surface area contributed by atoms with E-state index < -0.39 is 22.5 Å². The van der Waals surface area contributed by atoms with Crippen LogP contribution in [0.15, 0.2) is 76.1 Å². The Kier molecular flexibility index (Phi) is 7.83. The van der Waals surface area contributed by atoms with E-state index in [0.29, 0.717) is 22.9 Å². The zero-order valence-corrected chi connectivity index (χ0v) is 20.6. The molecule has 0 aliphatic rings. The molecule has 0 aromatic heterocycles. The lowest BCUT2D eigenvalue weighted by atomic mass is 10.2. The summed E-state index contributed by atoms with van der Waals surface area (Å²) in [7, 11) is 0.302. The molecule has 0 aliphatic carbocycles. The Morgan fingerprint density at radius 2 is 1.58 bits per heavy atom. The van der Waals surface area contributed by atoms with E-state index in [4.69, 9.17) is 14.2 Å². The van der Waals surface area contributed by atoms with Crippen LogP contribution in [0.25, 0.3) is 0 Å². The second kappa shape index (κ2) is 10.6. The minimum Gasteiger partial charge on any atom is -0.497 e. The number of sulfonamides is 1. The minimum atomic E-state index is -4.10. The molecule has 3 rings (SSSR count). The fourth-order valence-corrected chi connectivity index (χ4v) is 4.80. The molecule has 0 saturated carbocycles. The number of anilines is 2. The van der Waals surface area contributed by atoms with Gasteiger partial charge >= 0.3 is 0 Å². The number of hydrogen-bond donors (Lipinski definition) is 1. The van der Waals surface area contributed by atoms with Crippen molar-refractivity contribution in [3.63, 3.8) is 0 Å². The van der Waals surface area contributed by atoms with Gasteiger partial charge in [0.05, 0.1) is 37.6 Å². The second-order valence-electron chi connectivity index (χ2n) is 6.75. The third-order valence-electron chi connectivity index (χ3n) is 4.72. The summed E-state index contributed by atoms with van der Waals surface area (Å²) in [5, 5.41) is 2.71. The van der Waals surface area contributed by atoms with Gasteiger partial charge < -0.3 is 19.5 Å². The molecular weight excluding hydrogens is 512 g/mol. The molecule has 0 aliphatic heterocycles. The predicted octanol–water partition coefficient (Wildman–Crippen LogP) is 4.31. The van der Waals surface area contributed by atoms with Gasteiger partial charge in [-0.15, -0.1) is 0 Å². The lowest BCUT2D eigenvalue weighted by Gasteiger charge is -2.25. The molecule has 3 aromatic rings. The number of methoxy groups -OCH3 is 3. The van der Waals surface area contributed by atoms with Gasteiger partial charge in [-0.2, -0.15) is 0 Å². The van der Waals surface area contributed by atoms with Crippen molar-refractivity contribution in [3.05, 3.63) is 71.2 Å². The second-order valence-corrected chi connectivity index (χ2v) is 9.53. The van der Waals surface area contributed by atoms with Crippen molar-refractivity contribution in [3.8, 4) is 17.2 Å². The maximum Gasteiger partial charge on any atom is 0.264 e. The summed E-state index contributed by atoms with van der Waals surface area (Å²) in [6, 6.07) is 17.7. The van der Waals surface area contributed by atoms with Gasteiger partial charge in [0.25, 0.3) is 10.0 Å². The van der Waals surface area contributed by atoms with Gasteiger partial charge in [-0.05, 0) is 48.5 Å². The van der Waals surface area contributed by atoms with Crippen LogP contribution < -0.4 is 23.8 Å². The third-order valence-corrected chi connectivity index (χ3v) is 7.03. The number of halogens is 1. The van der Waals surface area contributed by atoms with Crippen molar-refractivity contribution in [2.24, 2.45) is 0 Å². The van der Waals surface area contributed by atoms with Crippen molar-refractivity contribution >= 4 is 43.2 Å². The van der Waals surface area contributed by atoms with Crippen LogP contribution in [0.2, 0.25) is 0 Å². The van der Waals surface area contributed by atoms with Crippen molar-refractivity contribution in [2.75, 3.05) is 37.5 Å². The Hall–Kier alpha value is -3.24. The van der Waals surface area contributed by atoms with Crippen LogP contribution in [0.4, 0.5) is 11.4 Å². The number of nitrogens with zero attached hydrogens (tertiary/aromatic N) is 1. The number of carbonyl (C=O) groups is 1. The lowest BCUT2D eigenvalue weighted by molar-refractivity contribution is -0.114. The monoisotopic (exact) mass is 534 g/mol. The summed E-state index contributed by atoms with van der Waals surface area (Å²) in [4.78, 5) is 13.1. The molecule has 0 heterocycles. The Morgan fingerprint density at radius 3 is 2.21 bits per heavy atom. The molecular formula is C23H23BrN2O6S. The summed E-state index contributed by atoms with van der Waals surface area (Å²) in [6.45, 7) is -0.501. The first-order valence-corrected chi connectivity index (χ1v) is 12.0. The quantitative estimate of drug-likeness (QED) is 0.439. The van der Waals surface area contributed by atoms with E-state index >= 15 is 0 Å². The zero-order valence-electron chi connectivity index (χ0n) is 18.2. The molecule has 10 heteroatoms. The molecule has 8 nitrogen and oxygen atoms in total. The number of amides is 1. The highest BCUT2D eigenvalue weighted by atomic mass is 79.9. The number of ether oxygens (including phenoxy) is 3. The number of benzene rings is 3. The maximum atomic E-state index is 13.6. The van der Waals surface area contributed by atoms with Crippen LogP contribution in [0.1, 0.15) is 0 Å². The van der Waals surface area contributed by atoms with E-state index in [1.54, 1.807) is 54.6 Å². The van der Waals surface area contributed by atoms with Crippen LogP contribution in [0.5, 0.6) is 17.2 Å². The van der Waals surface area contributed by atoms with Crippen molar-refractivity contribution < 1.29 is 27.4 Å². The summed E-state index contributed by atoms with van der Waals surface area (Å²) in [5.41, 5.74) is 0.582. The van der Waals surface area contributed by atoms with Gasteiger partial charge in [0.1, 0.15) is 23.8 Å². The molecule has 0 atom stereocenters. The van der Waals surface area contributed by atoms with Crippen molar-refractivity contribution in [1.29, 1.82) is 0 Å². The van der Waals surface area contributed by atoms with Crippen LogP contribution >= 0.6 is 15.9 Å². The smallest absolute Gasteiger partial charge is 0.264 e. The fourth-order valence-electron chi connectivity index (χ4n) is 3.10. The Bertz CT molecular complexity index is 1230. The van der Waals surface area contributed by atoms with Crippen molar-refractivity contribution in [2.45, 2.75) is 4.90 Å². The Balaban J connectivity index is 2.00. The van der Waals surface area contributed by atoms with Gasteiger partial charge in [0.15, 0.2) is 0 Å². The SMILES string of the molecule is COc1ccc(OC)c(NC(=O)CN(c2ccccc2OC)S(=O)(=O)c2ccc(Br)cc2)c1. The van der Waals surface area contributed by atoms with Gasteiger partial charge in [-0.3, -0.25) is 9.10 Å². The molecule has 0 radical (unpaired) electrons. The van der Waals surface area contributed by atoms with Gasteiger partial charge in [0.2, 0.25) is 5.91 Å². The highest BCUT2D eigenvalue weighted by molar-refractivity contribution is 9.10. The van der Waals surface area contributed by atoms with Crippen LogP contribution in [0, 0.1) is 0 Å². The Morgan fingerprint density at radius 1 is 0.909 bits per heavy atom. The molecule has 0 bridgehead atoms. The number of hydrogen-bond acceptors (Lipinski definition) is 6. The van der Waals surface area contributed by atoms with E-state index in [9.17, 15) is 13.2 Å². The molecule has 0 unspecified atom stereocenters. The van der Waals surface area contributed by atoms with E-state index in [0.717, 1.165) is 8.78 Å². The predicted molar refractivity (Wildman–Crippen MR) is 130 cm³/mol. The van der Waals surface area contributed by atoms with E-state index in [-0.39, 0.29) is 10.6 Å². The average molecular weight is 535 g/mol. The lowest BCUT2D eigenvalue weighted by Crippen LogP contribution is -2.38. The summed E-state index contributed by atoms with van der Waals surface area (Å²) >= 11 is 3.30. The topological polar surface area (TPSA) is 94.2 Å². The molecule has 1 amide bonds. The third kappa shape index (κ3) is 5.58. The van der Waals surface area contributed by atoms with Crippen LogP contribution in [0.3, 0.4) is 0 Å². The standard InChI is InChI=1S/C23H23BrN2O6S/c1-30-17-10-13-21(31-2)19(14-17)25-23(27)15-26(20-6-4-5-7-22(20)32-3)33(28,29)18-11-8-16(24)9-12-18/h4-14H,15H2,1-3H3,(H,25,27). The summed E-state index contributed by atoms with van der Waals surface area (Å²) < 4.78 is 44.7. The van der Waals surface area contributed by atoms with Gasteiger partial charge in [-0.1, -0.05) is 28.1 Å². The first kappa shape index (κ1) is 24.4.